The Morgan fingerprint density at radius 2 is 1.76 bits per heavy atom. The summed E-state index contributed by atoms with van der Waals surface area (Å²) in [4.78, 5) is 13.4. The molecule has 1 aliphatic rings. The molecule has 0 fully saturated rings. The van der Waals surface area contributed by atoms with Crippen molar-refractivity contribution in [2.24, 2.45) is 0 Å². The van der Waals surface area contributed by atoms with E-state index in [9.17, 15) is 9.18 Å². The van der Waals surface area contributed by atoms with Crippen molar-refractivity contribution < 1.29 is 18.3 Å². The molecule has 0 aliphatic carbocycles. The van der Waals surface area contributed by atoms with E-state index in [1.54, 1.807) is 37.4 Å². The number of rotatable bonds is 4. The predicted molar refractivity (Wildman–Crippen MR) is 143 cm³/mol. The highest BCUT2D eigenvalue weighted by Gasteiger charge is 2.30. The highest BCUT2D eigenvalue weighted by molar-refractivity contribution is 7.80. The lowest BCUT2D eigenvalue weighted by molar-refractivity contribution is 0.0978. The zero-order chi connectivity index (χ0) is 25.7. The van der Waals surface area contributed by atoms with Crippen LogP contribution < -0.4 is 10.1 Å². The third-order valence-electron chi connectivity index (χ3n) is 6.97. The Labute approximate surface area is 217 Å². The minimum atomic E-state index is -0.893. The SMILES string of the molecule is COc1ccc(C(=O)NC(=S)c2c(-c3ccccc3)c3c4n(c5c(F)c(F)ccc5n24)CCCC3)cc1. The normalized spacial score (nSPS) is 13.1. The number of hydrogen-bond acceptors (Lipinski definition) is 3. The van der Waals surface area contributed by atoms with Gasteiger partial charge in [0.15, 0.2) is 11.6 Å². The summed E-state index contributed by atoms with van der Waals surface area (Å²) in [6, 6.07) is 19.3. The Kier molecular flexibility index (Phi) is 5.76. The van der Waals surface area contributed by atoms with Crippen molar-refractivity contribution in [3.8, 4) is 16.9 Å². The molecule has 37 heavy (non-hydrogen) atoms. The quantitative estimate of drug-likeness (QED) is 0.286. The van der Waals surface area contributed by atoms with Crippen LogP contribution in [0.1, 0.15) is 34.5 Å². The molecule has 3 aromatic carbocycles. The van der Waals surface area contributed by atoms with Gasteiger partial charge < -0.3 is 14.6 Å². The van der Waals surface area contributed by atoms with Gasteiger partial charge in [0.1, 0.15) is 21.9 Å². The highest BCUT2D eigenvalue weighted by atomic mass is 32.1. The summed E-state index contributed by atoms with van der Waals surface area (Å²) in [5, 5.41) is 2.88. The van der Waals surface area contributed by atoms with Crippen LogP contribution >= 0.6 is 12.2 Å². The first kappa shape index (κ1) is 23.4. The van der Waals surface area contributed by atoms with E-state index in [-0.39, 0.29) is 16.4 Å². The number of benzene rings is 3. The number of nitrogens with zero attached hydrogens (tertiary/aromatic N) is 2. The van der Waals surface area contributed by atoms with Crippen molar-refractivity contribution in [3.63, 3.8) is 0 Å². The molecule has 0 saturated heterocycles. The first-order chi connectivity index (χ1) is 18.0. The Bertz CT molecular complexity index is 1690. The van der Waals surface area contributed by atoms with Gasteiger partial charge in [0.05, 0.1) is 18.3 Å². The summed E-state index contributed by atoms with van der Waals surface area (Å²) in [6.07, 6.45) is 2.49. The van der Waals surface area contributed by atoms with Crippen molar-refractivity contribution in [1.82, 2.24) is 14.3 Å². The maximum absolute atomic E-state index is 15.2. The van der Waals surface area contributed by atoms with Gasteiger partial charge in [0, 0.05) is 23.2 Å². The number of amides is 1. The molecule has 0 radical (unpaired) electrons. The zero-order valence-electron chi connectivity index (χ0n) is 20.1. The zero-order valence-corrected chi connectivity index (χ0v) is 20.9. The number of imidazole rings is 1. The van der Waals surface area contributed by atoms with Gasteiger partial charge in [0.2, 0.25) is 0 Å². The second-order valence-electron chi connectivity index (χ2n) is 9.08. The Hall–Kier alpha value is -4.04. The molecule has 8 heteroatoms. The first-order valence-corrected chi connectivity index (χ1v) is 12.5. The number of hydrogen-bond donors (Lipinski definition) is 1. The predicted octanol–water partition coefficient (Wildman–Crippen LogP) is 6.29. The van der Waals surface area contributed by atoms with Crippen LogP contribution in [0.25, 0.3) is 27.8 Å². The van der Waals surface area contributed by atoms with Gasteiger partial charge in [0.25, 0.3) is 5.91 Å². The number of aryl methyl sites for hydroxylation is 2. The van der Waals surface area contributed by atoms with Crippen LogP contribution in [-0.4, -0.2) is 27.0 Å². The van der Waals surface area contributed by atoms with Gasteiger partial charge in [-0.2, -0.15) is 0 Å². The molecule has 0 spiro atoms. The van der Waals surface area contributed by atoms with Gasteiger partial charge in [-0.15, -0.1) is 0 Å². The summed E-state index contributed by atoms with van der Waals surface area (Å²) in [7, 11) is 1.56. The summed E-state index contributed by atoms with van der Waals surface area (Å²) in [6.45, 7) is 0.559. The highest BCUT2D eigenvalue weighted by Crippen LogP contribution is 2.40. The molecule has 2 aromatic heterocycles. The lowest BCUT2D eigenvalue weighted by Gasteiger charge is -2.12. The average Bonchev–Trinajstić information content (AvgIpc) is 3.32. The van der Waals surface area contributed by atoms with Crippen molar-refractivity contribution >= 4 is 39.8 Å². The number of halogens is 2. The van der Waals surface area contributed by atoms with Gasteiger partial charge in [-0.1, -0.05) is 42.5 Å². The number of carbonyl (C=O) groups excluding carboxylic acids is 1. The number of thiocarbonyl (C=S) groups is 1. The van der Waals surface area contributed by atoms with Gasteiger partial charge in [-0.3, -0.25) is 9.20 Å². The summed E-state index contributed by atoms with van der Waals surface area (Å²) in [5.74, 6) is -1.50. The van der Waals surface area contributed by atoms with Crippen LogP contribution in [0.5, 0.6) is 5.75 Å². The fraction of sp³-hybridized carbons (Fsp3) is 0.172. The lowest BCUT2D eigenvalue weighted by atomic mass is 9.98. The third-order valence-corrected chi connectivity index (χ3v) is 7.27. The molecule has 5 aromatic rings. The average molecular weight is 516 g/mol. The largest absolute Gasteiger partial charge is 0.497 e. The first-order valence-electron chi connectivity index (χ1n) is 12.1. The molecule has 3 heterocycles. The van der Waals surface area contributed by atoms with Gasteiger partial charge >= 0.3 is 0 Å². The van der Waals surface area contributed by atoms with Crippen LogP contribution in [0.3, 0.4) is 0 Å². The van der Waals surface area contributed by atoms with Crippen LogP contribution in [-0.2, 0) is 13.0 Å². The van der Waals surface area contributed by atoms with Crippen LogP contribution in [0.15, 0.2) is 66.7 Å². The fourth-order valence-corrected chi connectivity index (χ4v) is 5.62. The van der Waals surface area contributed by atoms with Crippen LogP contribution in [0, 0.1) is 11.6 Å². The van der Waals surface area contributed by atoms with Crippen LogP contribution in [0.2, 0.25) is 0 Å². The molecular weight excluding hydrogens is 492 g/mol. The second-order valence-corrected chi connectivity index (χ2v) is 9.49. The number of nitrogens with one attached hydrogen (secondary N) is 1. The fourth-order valence-electron chi connectivity index (χ4n) is 5.33. The molecule has 0 bridgehead atoms. The number of carbonyl (C=O) groups is 1. The van der Waals surface area contributed by atoms with Crippen molar-refractivity contribution in [2.75, 3.05) is 7.11 Å². The smallest absolute Gasteiger partial charge is 0.256 e. The lowest BCUT2D eigenvalue weighted by Crippen LogP contribution is -2.30. The summed E-state index contributed by atoms with van der Waals surface area (Å²) in [5.41, 5.74) is 5.37. The standard InChI is InChI=1S/C29H23F2N3O2S/c1-36-19-12-10-18(11-13-19)27(35)32-28(37)26-23(17-7-3-2-4-8-17)20-9-5-6-16-33-25-22(34(26)29(20)33)15-14-21(30)24(25)31/h2-4,7-8,10-15H,5-6,9,16H2,1H3,(H,32,35,37). The molecule has 1 aliphatic heterocycles. The van der Waals surface area contributed by atoms with E-state index in [0.29, 0.717) is 29.1 Å². The minimum absolute atomic E-state index is 0.211. The van der Waals surface area contributed by atoms with E-state index in [4.69, 9.17) is 17.0 Å². The van der Waals surface area contributed by atoms with E-state index >= 15 is 4.39 Å². The van der Waals surface area contributed by atoms with E-state index in [2.05, 4.69) is 5.32 Å². The maximum atomic E-state index is 15.2. The monoisotopic (exact) mass is 515 g/mol. The summed E-state index contributed by atoms with van der Waals surface area (Å²) >= 11 is 5.85. The van der Waals surface area contributed by atoms with E-state index in [1.165, 1.54) is 0 Å². The Morgan fingerprint density at radius 1 is 1.00 bits per heavy atom. The van der Waals surface area contributed by atoms with E-state index in [0.717, 1.165) is 47.7 Å². The molecule has 1 amide bonds. The van der Waals surface area contributed by atoms with Crippen molar-refractivity contribution in [2.45, 2.75) is 25.8 Å². The summed E-state index contributed by atoms with van der Waals surface area (Å²) < 4.78 is 38.5. The molecule has 6 rings (SSSR count). The maximum Gasteiger partial charge on any atom is 0.256 e. The molecule has 1 N–H and O–H groups in total. The second kappa shape index (κ2) is 9.12. The number of fused-ring (bicyclic) bond motifs is 3. The molecular formula is C29H23F2N3O2S. The van der Waals surface area contributed by atoms with Crippen molar-refractivity contribution in [3.05, 3.63) is 95.2 Å². The number of aromatic nitrogens is 2. The minimum Gasteiger partial charge on any atom is -0.497 e. The number of ether oxygens (including phenoxy) is 1. The molecule has 5 nitrogen and oxygen atoms in total. The van der Waals surface area contributed by atoms with Crippen molar-refractivity contribution in [1.29, 1.82) is 0 Å². The topological polar surface area (TPSA) is 47.7 Å². The Morgan fingerprint density at radius 3 is 2.49 bits per heavy atom. The number of methoxy groups -OCH3 is 1. The van der Waals surface area contributed by atoms with Gasteiger partial charge in [-0.05, 0) is 61.2 Å². The van der Waals surface area contributed by atoms with E-state index in [1.807, 2.05) is 39.3 Å². The van der Waals surface area contributed by atoms with Gasteiger partial charge in [-0.25, -0.2) is 8.78 Å². The van der Waals surface area contributed by atoms with E-state index < -0.39 is 11.6 Å². The molecule has 0 saturated carbocycles. The molecule has 0 unspecified atom stereocenters. The molecule has 186 valence electrons. The molecule has 0 atom stereocenters. The Balaban J connectivity index is 1.60. The van der Waals surface area contributed by atoms with Crippen LogP contribution in [0.4, 0.5) is 8.78 Å². The third kappa shape index (κ3) is 3.71.